The molecule has 11 nitrogen and oxygen atoms in total. The predicted molar refractivity (Wildman–Crippen MR) is 113 cm³/mol. The average molecular weight is 507 g/mol. The van der Waals surface area contributed by atoms with E-state index in [0.717, 1.165) is 22.9 Å². The lowest BCUT2D eigenvalue weighted by molar-refractivity contribution is -0.275. The molecule has 0 spiro atoms. The predicted octanol–water partition coefficient (Wildman–Crippen LogP) is 1.59. The Morgan fingerprint density at radius 1 is 1.19 bits per heavy atom. The highest BCUT2D eigenvalue weighted by atomic mass is 19.4. The van der Waals surface area contributed by atoms with E-state index in [1.807, 2.05) is 0 Å². The molecule has 1 aromatic carbocycles. The third kappa shape index (κ3) is 4.27. The summed E-state index contributed by atoms with van der Waals surface area (Å²) in [6, 6.07) is 3.21. The number of nitrogens with zero attached hydrogens (tertiary/aromatic N) is 5. The fourth-order valence-corrected chi connectivity index (χ4v) is 4.50. The van der Waals surface area contributed by atoms with Gasteiger partial charge in [-0.25, -0.2) is 9.07 Å². The maximum absolute atomic E-state index is 14.5. The van der Waals surface area contributed by atoms with E-state index < -0.39 is 47.4 Å². The van der Waals surface area contributed by atoms with Crippen LogP contribution in [0.1, 0.15) is 23.3 Å². The first kappa shape index (κ1) is 23.4. The van der Waals surface area contributed by atoms with Crippen molar-refractivity contribution in [2.24, 2.45) is 11.7 Å². The summed E-state index contributed by atoms with van der Waals surface area (Å²) in [4.78, 5) is 39.3. The molecule has 0 bridgehead atoms. The van der Waals surface area contributed by atoms with Crippen molar-refractivity contribution in [1.29, 1.82) is 0 Å². The molecule has 188 valence electrons. The van der Waals surface area contributed by atoms with E-state index in [2.05, 4.69) is 25.3 Å². The molecule has 2 aromatic heterocycles. The number of halogens is 4. The molecule has 15 heteroatoms. The number of anilines is 1. The van der Waals surface area contributed by atoms with Gasteiger partial charge < -0.3 is 20.7 Å². The second-order valence-electron chi connectivity index (χ2n) is 8.41. The van der Waals surface area contributed by atoms with Crippen LogP contribution in [0, 0.1) is 11.7 Å². The summed E-state index contributed by atoms with van der Waals surface area (Å²) in [5, 5.41) is 14.3. The van der Waals surface area contributed by atoms with Crippen molar-refractivity contribution >= 4 is 34.4 Å². The van der Waals surface area contributed by atoms with Crippen LogP contribution in [0.5, 0.6) is 5.75 Å². The van der Waals surface area contributed by atoms with E-state index in [4.69, 9.17) is 5.73 Å². The summed E-state index contributed by atoms with van der Waals surface area (Å²) in [6.07, 6.45) is -2.80. The number of likely N-dealkylation sites (tertiary alicyclic amines) is 1. The van der Waals surface area contributed by atoms with E-state index in [9.17, 15) is 31.9 Å². The normalized spacial score (nSPS) is 20.8. The molecule has 1 saturated carbocycles. The van der Waals surface area contributed by atoms with Gasteiger partial charge in [0.25, 0.3) is 5.91 Å². The van der Waals surface area contributed by atoms with Crippen LogP contribution in [-0.4, -0.2) is 61.0 Å². The molecule has 3 N–H and O–H groups in total. The van der Waals surface area contributed by atoms with Crippen molar-refractivity contribution in [3.8, 4) is 5.75 Å². The van der Waals surface area contributed by atoms with E-state index in [1.165, 1.54) is 17.2 Å². The zero-order valence-corrected chi connectivity index (χ0v) is 18.2. The number of fused-ring (bicyclic) bond motifs is 2. The number of nitrogens with one attached hydrogen (secondary N) is 1. The average Bonchev–Trinajstić information content (AvgIpc) is 3.31. The number of hydrogen-bond acceptors (Lipinski definition) is 7. The van der Waals surface area contributed by atoms with Crippen molar-refractivity contribution in [2.45, 2.75) is 37.8 Å². The zero-order chi connectivity index (χ0) is 25.8. The van der Waals surface area contributed by atoms with Crippen LogP contribution in [-0.2, 0) is 16.1 Å². The second-order valence-corrected chi connectivity index (χ2v) is 8.41. The minimum Gasteiger partial charge on any atom is -0.403 e. The maximum atomic E-state index is 14.5. The minimum absolute atomic E-state index is 0.0600. The van der Waals surface area contributed by atoms with Crippen LogP contribution in [0.4, 0.5) is 23.2 Å². The van der Waals surface area contributed by atoms with Gasteiger partial charge >= 0.3 is 6.36 Å². The molecule has 1 aliphatic carbocycles. The molecule has 3 heterocycles. The highest BCUT2D eigenvalue weighted by Gasteiger charge is 2.56. The van der Waals surface area contributed by atoms with Gasteiger partial charge in [0.15, 0.2) is 22.9 Å². The van der Waals surface area contributed by atoms with Gasteiger partial charge in [-0.3, -0.25) is 14.4 Å². The van der Waals surface area contributed by atoms with E-state index in [-0.39, 0.29) is 29.8 Å². The smallest absolute Gasteiger partial charge is 0.403 e. The summed E-state index contributed by atoms with van der Waals surface area (Å²) in [5.74, 6) is -4.53. The Morgan fingerprint density at radius 2 is 1.97 bits per heavy atom. The molecule has 0 unspecified atom stereocenters. The summed E-state index contributed by atoms with van der Waals surface area (Å²) >= 11 is 0. The Hall–Kier alpha value is -4.30. The van der Waals surface area contributed by atoms with Crippen molar-refractivity contribution in [3.63, 3.8) is 0 Å². The summed E-state index contributed by atoms with van der Waals surface area (Å²) in [5.41, 5.74) is 4.89. The zero-order valence-electron chi connectivity index (χ0n) is 18.2. The molecule has 0 radical (unpaired) electrons. The largest absolute Gasteiger partial charge is 0.573 e. The third-order valence-corrected chi connectivity index (χ3v) is 6.08. The Bertz CT molecular complexity index is 1390. The van der Waals surface area contributed by atoms with Crippen molar-refractivity contribution < 1.29 is 36.7 Å². The number of benzene rings is 1. The summed E-state index contributed by atoms with van der Waals surface area (Å²) in [7, 11) is 0. The van der Waals surface area contributed by atoms with Crippen LogP contribution in [0.2, 0.25) is 0 Å². The second kappa shape index (κ2) is 8.42. The molecule has 2 aliphatic rings. The number of rotatable bonds is 6. The number of hydrogen-bond donors (Lipinski definition) is 2. The fourth-order valence-electron chi connectivity index (χ4n) is 4.50. The van der Waals surface area contributed by atoms with Crippen LogP contribution < -0.4 is 15.8 Å². The van der Waals surface area contributed by atoms with Gasteiger partial charge in [0.2, 0.25) is 11.8 Å². The van der Waals surface area contributed by atoms with Crippen molar-refractivity contribution in [2.75, 3.05) is 5.32 Å². The first-order chi connectivity index (χ1) is 17.0. The fraction of sp³-hybridized carbons (Fsp3) is 0.333. The highest BCUT2D eigenvalue weighted by molar-refractivity contribution is 6.03. The molecule has 3 atom stereocenters. The van der Waals surface area contributed by atoms with Gasteiger partial charge in [0.1, 0.15) is 12.6 Å². The van der Waals surface area contributed by atoms with Crippen LogP contribution >= 0.6 is 0 Å². The van der Waals surface area contributed by atoms with E-state index >= 15 is 0 Å². The molecule has 36 heavy (non-hydrogen) atoms. The highest BCUT2D eigenvalue weighted by Crippen LogP contribution is 2.48. The Labute approximate surface area is 199 Å². The molecule has 1 aliphatic heterocycles. The first-order valence-corrected chi connectivity index (χ1v) is 10.7. The summed E-state index contributed by atoms with van der Waals surface area (Å²) < 4.78 is 56.8. The molecular weight excluding hydrogens is 490 g/mol. The number of alkyl halides is 3. The molecule has 3 amide bonds. The van der Waals surface area contributed by atoms with Crippen LogP contribution in [0.3, 0.4) is 0 Å². The monoisotopic (exact) mass is 507 g/mol. The van der Waals surface area contributed by atoms with Crippen molar-refractivity contribution in [1.82, 2.24) is 24.9 Å². The Kier molecular flexibility index (Phi) is 5.49. The van der Waals surface area contributed by atoms with E-state index in [1.54, 1.807) is 0 Å². The van der Waals surface area contributed by atoms with Gasteiger partial charge in [-0.05, 0) is 37.0 Å². The molecule has 3 aromatic rings. The SMILES string of the molecule is NC(=O)c1nn(CC(=O)N2[C@@H]3C[C@@H]3C[C@H]2C(=O)Nc2cccc(OC(F)(F)F)c2F)c2nnccc12. The topological polar surface area (TPSA) is 145 Å². The number of ether oxygens (including phenoxy) is 1. The van der Waals surface area contributed by atoms with Gasteiger partial charge in [-0.1, -0.05) is 6.07 Å². The Balaban J connectivity index is 1.35. The quantitative estimate of drug-likeness (QED) is 0.482. The minimum atomic E-state index is -5.12. The molecule has 5 rings (SSSR count). The van der Waals surface area contributed by atoms with Gasteiger partial charge in [0, 0.05) is 6.04 Å². The number of piperidine rings is 1. The number of amides is 3. The van der Waals surface area contributed by atoms with Gasteiger partial charge in [-0.2, -0.15) is 10.2 Å². The number of nitrogens with two attached hydrogens (primary N) is 1. The standard InChI is InChI=1S/C21H17F4N7O4/c22-16-11(2-1-3-14(16)36-21(23,24)25)28-20(35)13-7-9-6-12(9)32(13)15(33)8-31-19-10(4-5-27-29-19)17(30-31)18(26)34/h1-5,9,12-13H,6-8H2,(H2,26,34)(H,28,35)/t9-,12-,13+/m1/s1. The number of carbonyl (C=O) groups is 3. The molecule has 1 saturated heterocycles. The van der Waals surface area contributed by atoms with E-state index in [0.29, 0.717) is 18.2 Å². The van der Waals surface area contributed by atoms with Crippen LogP contribution in [0.15, 0.2) is 30.5 Å². The number of aromatic nitrogens is 4. The van der Waals surface area contributed by atoms with Gasteiger partial charge in [0.05, 0.1) is 17.3 Å². The lowest BCUT2D eigenvalue weighted by Crippen LogP contribution is -2.46. The van der Waals surface area contributed by atoms with Gasteiger partial charge in [-0.15, -0.1) is 18.3 Å². The number of primary amides is 1. The third-order valence-electron chi connectivity index (χ3n) is 6.08. The summed E-state index contributed by atoms with van der Waals surface area (Å²) in [6.45, 7) is -0.376. The lowest BCUT2D eigenvalue weighted by atomic mass is 10.1. The van der Waals surface area contributed by atoms with Crippen LogP contribution in [0.25, 0.3) is 11.0 Å². The number of carbonyl (C=O) groups excluding carboxylic acids is 3. The molecular formula is C21H17F4N7O4. The lowest BCUT2D eigenvalue weighted by Gasteiger charge is -2.27. The van der Waals surface area contributed by atoms with Crippen molar-refractivity contribution in [3.05, 3.63) is 42.0 Å². The maximum Gasteiger partial charge on any atom is 0.573 e. The first-order valence-electron chi connectivity index (χ1n) is 10.7. The molecule has 2 fully saturated rings. The Morgan fingerprint density at radius 3 is 2.69 bits per heavy atom.